The van der Waals surface area contributed by atoms with E-state index in [1.54, 1.807) is 27.1 Å². The second-order valence-corrected chi connectivity index (χ2v) is 7.80. The predicted molar refractivity (Wildman–Crippen MR) is 97.5 cm³/mol. The third-order valence-corrected chi connectivity index (χ3v) is 4.47. The van der Waals surface area contributed by atoms with E-state index in [9.17, 15) is 9.59 Å². The van der Waals surface area contributed by atoms with Crippen molar-refractivity contribution in [1.29, 1.82) is 0 Å². The monoisotopic (exact) mass is 355 g/mol. The first-order valence-electron chi connectivity index (χ1n) is 8.81. The highest BCUT2D eigenvalue weighted by molar-refractivity contribution is 5.96. The highest BCUT2D eigenvalue weighted by Gasteiger charge is 2.46. The van der Waals surface area contributed by atoms with E-state index in [1.807, 2.05) is 48.1 Å². The average molecular weight is 355 g/mol. The first-order valence-corrected chi connectivity index (χ1v) is 8.81. The normalized spacial score (nSPS) is 20.5. The van der Waals surface area contributed by atoms with Gasteiger partial charge in [0.05, 0.1) is 17.9 Å². The van der Waals surface area contributed by atoms with E-state index in [4.69, 9.17) is 4.74 Å². The van der Waals surface area contributed by atoms with Crippen molar-refractivity contribution in [2.45, 2.75) is 38.7 Å². The SMILES string of the molecule is Cn1cnc([C@@H]2CN(C(=O)OC(C)(C)C)C(=O)[C@H]2Cc2ccccc2)c1. The maximum atomic E-state index is 13.0. The Bertz CT molecular complexity index is 792. The molecule has 0 bridgehead atoms. The van der Waals surface area contributed by atoms with Crippen molar-refractivity contribution in [3.63, 3.8) is 0 Å². The number of carbonyl (C=O) groups excluding carboxylic acids is 2. The van der Waals surface area contributed by atoms with Crippen LogP contribution in [0.2, 0.25) is 0 Å². The van der Waals surface area contributed by atoms with Crippen molar-refractivity contribution in [3.8, 4) is 0 Å². The third kappa shape index (κ3) is 3.95. The second kappa shape index (κ2) is 6.94. The summed E-state index contributed by atoms with van der Waals surface area (Å²) in [4.78, 5) is 31.2. The third-order valence-electron chi connectivity index (χ3n) is 4.47. The van der Waals surface area contributed by atoms with Gasteiger partial charge in [0.25, 0.3) is 0 Å². The van der Waals surface area contributed by atoms with Gasteiger partial charge in [-0.25, -0.2) is 14.7 Å². The lowest BCUT2D eigenvalue weighted by atomic mass is 9.87. The summed E-state index contributed by atoms with van der Waals surface area (Å²) in [5, 5.41) is 0. The number of aromatic nitrogens is 2. The number of benzene rings is 1. The molecule has 1 aromatic carbocycles. The van der Waals surface area contributed by atoms with Crippen molar-refractivity contribution in [2.75, 3.05) is 6.54 Å². The Morgan fingerprint density at radius 1 is 1.27 bits per heavy atom. The summed E-state index contributed by atoms with van der Waals surface area (Å²) in [5.41, 5.74) is 1.25. The first kappa shape index (κ1) is 18.2. The van der Waals surface area contributed by atoms with Gasteiger partial charge in [0, 0.05) is 25.7 Å². The van der Waals surface area contributed by atoms with Crippen LogP contribution in [-0.4, -0.2) is 38.6 Å². The molecule has 2 amide bonds. The van der Waals surface area contributed by atoms with Crippen molar-refractivity contribution < 1.29 is 14.3 Å². The number of likely N-dealkylation sites (tertiary alicyclic amines) is 1. The molecular weight excluding hydrogens is 330 g/mol. The zero-order valence-electron chi connectivity index (χ0n) is 15.7. The van der Waals surface area contributed by atoms with Crippen LogP contribution < -0.4 is 0 Å². The number of carbonyl (C=O) groups is 2. The average Bonchev–Trinajstić information content (AvgIpc) is 3.11. The van der Waals surface area contributed by atoms with Crippen LogP contribution in [0.25, 0.3) is 0 Å². The Morgan fingerprint density at radius 2 is 1.96 bits per heavy atom. The zero-order chi connectivity index (χ0) is 18.9. The standard InChI is InChI=1S/C20H25N3O3/c1-20(2,3)26-19(25)23-11-16(17-12-22(4)13-21-17)15(18(23)24)10-14-8-6-5-7-9-14/h5-9,12-13,15-16H,10-11H2,1-4H3/t15-,16+/m0/s1. The Kier molecular flexibility index (Phi) is 4.85. The zero-order valence-corrected chi connectivity index (χ0v) is 15.7. The van der Waals surface area contributed by atoms with E-state index in [1.165, 1.54) is 4.90 Å². The van der Waals surface area contributed by atoms with Crippen LogP contribution in [0.3, 0.4) is 0 Å². The number of hydrogen-bond acceptors (Lipinski definition) is 4. The minimum atomic E-state index is -0.643. The molecule has 3 rings (SSSR count). The summed E-state index contributed by atoms with van der Waals surface area (Å²) in [5.74, 6) is -0.671. The Hall–Kier alpha value is -2.63. The number of ether oxygens (including phenoxy) is 1. The van der Waals surface area contributed by atoms with Crippen molar-refractivity contribution in [1.82, 2.24) is 14.5 Å². The topological polar surface area (TPSA) is 64.4 Å². The minimum Gasteiger partial charge on any atom is -0.443 e. The minimum absolute atomic E-state index is 0.142. The van der Waals surface area contributed by atoms with Crippen LogP contribution in [0, 0.1) is 5.92 Å². The van der Waals surface area contributed by atoms with Gasteiger partial charge in [0.1, 0.15) is 5.60 Å². The largest absolute Gasteiger partial charge is 0.443 e. The van der Waals surface area contributed by atoms with E-state index < -0.39 is 11.7 Å². The van der Waals surface area contributed by atoms with Gasteiger partial charge < -0.3 is 9.30 Å². The molecule has 2 heterocycles. The summed E-state index contributed by atoms with van der Waals surface area (Å²) >= 11 is 0. The van der Waals surface area contributed by atoms with Gasteiger partial charge >= 0.3 is 6.09 Å². The smallest absolute Gasteiger partial charge is 0.417 e. The number of rotatable bonds is 3. The maximum absolute atomic E-state index is 13.0. The fraction of sp³-hybridized carbons (Fsp3) is 0.450. The molecule has 1 aliphatic rings. The molecule has 1 aromatic heterocycles. The molecule has 1 fully saturated rings. The highest BCUT2D eigenvalue weighted by atomic mass is 16.6. The van der Waals surface area contributed by atoms with Gasteiger partial charge in [-0.05, 0) is 32.8 Å². The second-order valence-electron chi connectivity index (χ2n) is 7.80. The van der Waals surface area contributed by atoms with Crippen molar-refractivity contribution >= 4 is 12.0 Å². The van der Waals surface area contributed by atoms with E-state index in [0.29, 0.717) is 13.0 Å². The molecule has 0 N–H and O–H groups in total. The molecule has 0 unspecified atom stereocenters. The van der Waals surface area contributed by atoms with Crippen LogP contribution in [0.5, 0.6) is 0 Å². The molecule has 138 valence electrons. The summed E-state index contributed by atoms with van der Waals surface area (Å²) in [6.07, 6.45) is 3.61. The highest BCUT2D eigenvalue weighted by Crippen LogP contribution is 2.36. The maximum Gasteiger partial charge on any atom is 0.417 e. The van der Waals surface area contributed by atoms with E-state index in [-0.39, 0.29) is 17.7 Å². The van der Waals surface area contributed by atoms with Gasteiger partial charge in [-0.3, -0.25) is 4.79 Å². The molecule has 2 atom stereocenters. The number of imide groups is 1. The Labute approximate surface area is 153 Å². The predicted octanol–water partition coefficient (Wildman–Crippen LogP) is 3.14. The molecule has 6 nitrogen and oxygen atoms in total. The lowest BCUT2D eigenvalue weighted by Gasteiger charge is -2.23. The first-order chi connectivity index (χ1) is 12.2. The fourth-order valence-electron chi connectivity index (χ4n) is 3.29. The fourth-order valence-corrected chi connectivity index (χ4v) is 3.29. The molecule has 0 saturated carbocycles. The summed E-state index contributed by atoms with van der Waals surface area (Å²) in [6, 6.07) is 9.85. The molecule has 26 heavy (non-hydrogen) atoms. The van der Waals surface area contributed by atoms with E-state index >= 15 is 0 Å². The van der Waals surface area contributed by atoms with Crippen LogP contribution in [0.15, 0.2) is 42.9 Å². The molecule has 2 aromatic rings. The Morgan fingerprint density at radius 3 is 2.54 bits per heavy atom. The number of hydrogen-bond donors (Lipinski definition) is 0. The van der Waals surface area contributed by atoms with Gasteiger partial charge in [-0.1, -0.05) is 30.3 Å². The summed E-state index contributed by atoms with van der Waals surface area (Å²) in [7, 11) is 1.89. The summed E-state index contributed by atoms with van der Waals surface area (Å²) in [6.45, 7) is 5.68. The van der Waals surface area contributed by atoms with Crippen molar-refractivity contribution in [3.05, 3.63) is 54.1 Å². The quantitative estimate of drug-likeness (QED) is 0.848. The lowest BCUT2D eigenvalue weighted by molar-refractivity contribution is -0.130. The molecular formula is C20H25N3O3. The van der Waals surface area contributed by atoms with Crippen LogP contribution in [-0.2, 0) is 23.0 Å². The van der Waals surface area contributed by atoms with Crippen LogP contribution >= 0.6 is 0 Å². The molecule has 6 heteroatoms. The molecule has 0 radical (unpaired) electrons. The summed E-state index contributed by atoms with van der Waals surface area (Å²) < 4.78 is 7.28. The van der Waals surface area contributed by atoms with Crippen molar-refractivity contribution in [2.24, 2.45) is 13.0 Å². The lowest BCUT2D eigenvalue weighted by Crippen LogP contribution is -2.38. The number of amides is 2. The Balaban J connectivity index is 1.87. The van der Waals surface area contributed by atoms with Crippen LogP contribution in [0.1, 0.15) is 37.9 Å². The number of nitrogens with zero attached hydrogens (tertiary/aromatic N) is 3. The van der Waals surface area contributed by atoms with Gasteiger partial charge in [0.2, 0.25) is 5.91 Å². The van der Waals surface area contributed by atoms with Crippen LogP contribution in [0.4, 0.5) is 4.79 Å². The van der Waals surface area contributed by atoms with Gasteiger partial charge in [-0.2, -0.15) is 0 Å². The number of aryl methyl sites for hydroxylation is 1. The van der Waals surface area contributed by atoms with E-state index in [2.05, 4.69) is 4.98 Å². The molecule has 1 aliphatic heterocycles. The molecule has 0 aliphatic carbocycles. The van der Waals surface area contributed by atoms with Gasteiger partial charge in [0.15, 0.2) is 0 Å². The van der Waals surface area contributed by atoms with Gasteiger partial charge in [-0.15, -0.1) is 0 Å². The number of imidazole rings is 1. The molecule has 0 spiro atoms. The van der Waals surface area contributed by atoms with E-state index in [0.717, 1.165) is 11.3 Å². The molecule has 1 saturated heterocycles.